The first-order chi connectivity index (χ1) is 6.28. The molecule has 0 atom stereocenters. The molecule has 1 aliphatic rings. The molecule has 0 unspecified atom stereocenters. The van der Waals surface area contributed by atoms with Gasteiger partial charge in [0.1, 0.15) is 0 Å². The maximum atomic E-state index is 11.8. The molecule has 0 aromatic rings. The van der Waals surface area contributed by atoms with Gasteiger partial charge in [-0.1, -0.05) is 34.1 Å². The van der Waals surface area contributed by atoms with Crippen LogP contribution in [0.1, 0.15) is 40.5 Å². The Labute approximate surface area is 86.1 Å². The predicted octanol–water partition coefficient (Wildman–Crippen LogP) is 1.41. The SMILES string of the molecule is CCCC1(O)CN(C(=O)C(C)(C)C)C1. The van der Waals surface area contributed by atoms with Gasteiger partial charge in [0.25, 0.3) is 0 Å². The molecule has 0 aromatic carbocycles. The number of carbonyl (C=O) groups excluding carboxylic acids is 1. The maximum Gasteiger partial charge on any atom is 0.228 e. The van der Waals surface area contributed by atoms with Gasteiger partial charge in [0.15, 0.2) is 0 Å². The van der Waals surface area contributed by atoms with Crippen LogP contribution >= 0.6 is 0 Å². The molecule has 0 spiro atoms. The van der Waals surface area contributed by atoms with E-state index in [9.17, 15) is 9.90 Å². The Morgan fingerprint density at radius 1 is 1.43 bits per heavy atom. The maximum absolute atomic E-state index is 11.8. The summed E-state index contributed by atoms with van der Waals surface area (Å²) >= 11 is 0. The molecule has 1 saturated heterocycles. The van der Waals surface area contributed by atoms with E-state index in [1.54, 1.807) is 4.90 Å². The normalized spacial score (nSPS) is 20.5. The summed E-state index contributed by atoms with van der Waals surface area (Å²) in [5.74, 6) is 0.137. The van der Waals surface area contributed by atoms with Crippen molar-refractivity contribution in [2.45, 2.75) is 46.1 Å². The summed E-state index contributed by atoms with van der Waals surface area (Å²) in [6.45, 7) is 8.80. The lowest BCUT2D eigenvalue weighted by Gasteiger charge is -2.48. The highest BCUT2D eigenvalue weighted by Crippen LogP contribution is 2.29. The Kier molecular flexibility index (Phi) is 2.91. The smallest absolute Gasteiger partial charge is 0.228 e. The van der Waals surface area contributed by atoms with Gasteiger partial charge in [-0.3, -0.25) is 4.79 Å². The highest BCUT2D eigenvalue weighted by molar-refractivity contribution is 5.82. The number of likely N-dealkylation sites (tertiary alicyclic amines) is 1. The Balaban J connectivity index is 2.45. The predicted molar refractivity (Wildman–Crippen MR) is 55.9 cm³/mol. The van der Waals surface area contributed by atoms with E-state index in [1.807, 2.05) is 27.7 Å². The number of aliphatic hydroxyl groups is 1. The van der Waals surface area contributed by atoms with Gasteiger partial charge in [-0.2, -0.15) is 0 Å². The van der Waals surface area contributed by atoms with Crippen LogP contribution in [0.4, 0.5) is 0 Å². The van der Waals surface area contributed by atoms with Crippen LogP contribution in [0.5, 0.6) is 0 Å². The lowest BCUT2D eigenvalue weighted by molar-refractivity contribution is -0.164. The minimum atomic E-state index is -0.602. The average Bonchev–Trinajstić information content (AvgIpc) is 1.97. The molecule has 1 heterocycles. The van der Waals surface area contributed by atoms with Gasteiger partial charge in [-0.25, -0.2) is 0 Å². The van der Waals surface area contributed by atoms with Crippen LogP contribution in [0.15, 0.2) is 0 Å². The van der Waals surface area contributed by atoms with Crippen LogP contribution in [0.2, 0.25) is 0 Å². The molecule has 0 saturated carbocycles. The zero-order valence-corrected chi connectivity index (χ0v) is 9.63. The van der Waals surface area contributed by atoms with Gasteiger partial charge in [-0.05, 0) is 6.42 Å². The summed E-state index contributed by atoms with van der Waals surface area (Å²) in [7, 11) is 0. The third-order valence-electron chi connectivity index (χ3n) is 2.61. The Hall–Kier alpha value is -0.570. The summed E-state index contributed by atoms with van der Waals surface area (Å²) in [6, 6.07) is 0. The molecule has 0 aromatic heterocycles. The molecule has 1 aliphatic heterocycles. The summed E-state index contributed by atoms with van der Waals surface area (Å²) in [4.78, 5) is 13.5. The lowest BCUT2D eigenvalue weighted by Crippen LogP contribution is -2.65. The Morgan fingerprint density at radius 3 is 2.29 bits per heavy atom. The number of β-amino-alcohol motifs (C(OH)–C–C–N with tert-alkyl or cyclic N) is 1. The molecule has 0 bridgehead atoms. The number of carbonyl (C=O) groups is 1. The number of nitrogens with zero attached hydrogens (tertiary/aromatic N) is 1. The molecule has 1 rings (SSSR count). The first-order valence-corrected chi connectivity index (χ1v) is 5.30. The van der Waals surface area contributed by atoms with Crippen LogP contribution < -0.4 is 0 Å². The van der Waals surface area contributed by atoms with Crippen molar-refractivity contribution in [1.82, 2.24) is 4.90 Å². The van der Waals surface area contributed by atoms with Crippen molar-refractivity contribution in [3.05, 3.63) is 0 Å². The zero-order valence-electron chi connectivity index (χ0n) is 9.63. The molecule has 1 amide bonds. The van der Waals surface area contributed by atoms with E-state index < -0.39 is 5.60 Å². The van der Waals surface area contributed by atoms with Gasteiger partial charge in [0.05, 0.1) is 18.7 Å². The van der Waals surface area contributed by atoms with Crippen LogP contribution in [-0.2, 0) is 4.79 Å². The molecule has 0 aliphatic carbocycles. The standard InChI is InChI=1S/C11H21NO2/c1-5-6-11(14)7-12(8-11)9(13)10(2,3)4/h14H,5-8H2,1-4H3. The summed E-state index contributed by atoms with van der Waals surface area (Å²) < 4.78 is 0. The second-order valence-electron chi connectivity index (χ2n) is 5.39. The van der Waals surface area contributed by atoms with E-state index in [1.165, 1.54) is 0 Å². The largest absolute Gasteiger partial charge is 0.386 e. The van der Waals surface area contributed by atoms with Gasteiger partial charge in [0, 0.05) is 5.41 Å². The first-order valence-electron chi connectivity index (χ1n) is 5.30. The van der Waals surface area contributed by atoms with Crippen LogP contribution in [0.25, 0.3) is 0 Å². The second kappa shape index (κ2) is 3.54. The molecule has 1 N–H and O–H groups in total. The minimum Gasteiger partial charge on any atom is -0.386 e. The number of hydrogen-bond acceptors (Lipinski definition) is 2. The summed E-state index contributed by atoms with van der Waals surface area (Å²) in [5, 5.41) is 9.90. The summed E-state index contributed by atoms with van der Waals surface area (Å²) in [5.41, 5.74) is -0.927. The average molecular weight is 199 g/mol. The van der Waals surface area contributed by atoms with Crippen LogP contribution in [-0.4, -0.2) is 34.6 Å². The van der Waals surface area contributed by atoms with Crippen molar-refractivity contribution in [1.29, 1.82) is 0 Å². The quantitative estimate of drug-likeness (QED) is 0.730. The zero-order chi connectivity index (χ0) is 11.0. The summed E-state index contributed by atoms with van der Waals surface area (Å²) in [6.07, 6.45) is 1.76. The van der Waals surface area contributed by atoms with E-state index >= 15 is 0 Å². The van der Waals surface area contributed by atoms with Gasteiger partial charge in [0.2, 0.25) is 5.91 Å². The Morgan fingerprint density at radius 2 is 1.93 bits per heavy atom. The van der Waals surface area contributed by atoms with E-state index in [4.69, 9.17) is 0 Å². The first kappa shape index (κ1) is 11.5. The van der Waals surface area contributed by atoms with Crippen LogP contribution in [0, 0.1) is 5.41 Å². The van der Waals surface area contributed by atoms with E-state index in [-0.39, 0.29) is 11.3 Å². The highest BCUT2D eigenvalue weighted by atomic mass is 16.3. The van der Waals surface area contributed by atoms with Crippen LogP contribution in [0.3, 0.4) is 0 Å². The molecule has 14 heavy (non-hydrogen) atoms. The van der Waals surface area contributed by atoms with Crippen molar-refractivity contribution in [2.24, 2.45) is 5.41 Å². The molecular formula is C11H21NO2. The van der Waals surface area contributed by atoms with Crippen molar-refractivity contribution in [3.63, 3.8) is 0 Å². The van der Waals surface area contributed by atoms with Crippen molar-refractivity contribution in [2.75, 3.05) is 13.1 Å². The van der Waals surface area contributed by atoms with Crippen molar-refractivity contribution < 1.29 is 9.90 Å². The van der Waals surface area contributed by atoms with Gasteiger partial charge in [-0.15, -0.1) is 0 Å². The van der Waals surface area contributed by atoms with Gasteiger partial charge >= 0.3 is 0 Å². The van der Waals surface area contributed by atoms with E-state index in [0.717, 1.165) is 12.8 Å². The fourth-order valence-electron chi connectivity index (χ4n) is 1.91. The van der Waals surface area contributed by atoms with E-state index in [2.05, 4.69) is 0 Å². The molecule has 1 fully saturated rings. The number of rotatable bonds is 2. The third-order valence-corrected chi connectivity index (χ3v) is 2.61. The molecule has 3 nitrogen and oxygen atoms in total. The molecule has 3 heteroatoms. The molecular weight excluding hydrogens is 178 g/mol. The topological polar surface area (TPSA) is 40.5 Å². The molecule has 0 radical (unpaired) electrons. The van der Waals surface area contributed by atoms with E-state index in [0.29, 0.717) is 13.1 Å². The monoisotopic (exact) mass is 199 g/mol. The fourth-order valence-corrected chi connectivity index (χ4v) is 1.91. The number of hydrogen-bond donors (Lipinski definition) is 1. The molecule has 82 valence electrons. The van der Waals surface area contributed by atoms with Gasteiger partial charge < -0.3 is 10.0 Å². The van der Waals surface area contributed by atoms with Crippen molar-refractivity contribution >= 4 is 5.91 Å². The Bertz CT molecular complexity index is 224. The lowest BCUT2D eigenvalue weighted by atomic mass is 9.85. The minimum absolute atomic E-state index is 0.137. The number of amides is 1. The third kappa shape index (κ3) is 2.27. The fraction of sp³-hybridized carbons (Fsp3) is 0.909. The van der Waals surface area contributed by atoms with Crippen molar-refractivity contribution in [3.8, 4) is 0 Å². The second-order valence-corrected chi connectivity index (χ2v) is 5.39. The highest BCUT2D eigenvalue weighted by Gasteiger charge is 2.45.